The molecule has 1 heterocycles. The third-order valence-corrected chi connectivity index (χ3v) is 3.04. The van der Waals surface area contributed by atoms with Gasteiger partial charge in [0, 0.05) is 4.88 Å². The number of hydrogen-bond acceptors (Lipinski definition) is 1. The molecule has 0 nitrogen and oxygen atoms in total. The molecule has 0 spiro atoms. The van der Waals surface area contributed by atoms with Crippen LogP contribution in [0.2, 0.25) is 0 Å². The lowest BCUT2D eigenvalue weighted by Gasteiger charge is -1.97. The van der Waals surface area contributed by atoms with Gasteiger partial charge < -0.3 is 0 Å². The van der Waals surface area contributed by atoms with Crippen LogP contribution in [-0.4, -0.2) is 0 Å². The molecule has 0 saturated carbocycles. The van der Waals surface area contributed by atoms with Crippen LogP contribution in [0.5, 0.6) is 0 Å². The van der Waals surface area contributed by atoms with E-state index in [0.717, 1.165) is 0 Å². The van der Waals surface area contributed by atoms with Crippen molar-refractivity contribution < 1.29 is 0 Å². The molecule has 0 saturated heterocycles. The predicted molar refractivity (Wildman–Crippen MR) is 56.8 cm³/mol. The van der Waals surface area contributed by atoms with E-state index >= 15 is 0 Å². The Bertz CT molecular complexity index is 177. The van der Waals surface area contributed by atoms with Crippen LogP contribution in [-0.2, 0) is 6.42 Å². The first-order valence-corrected chi connectivity index (χ1v) is 5.84. The molecule has 0 aromatic carbocycles. The van der Waals surface area contributed by atoms with Crippen molar-refractivity contribution in [1.29, 1.82) is 0 Å². The SMILES string of the molecule is CCCCCCCc1cccs1. The first-order chi connectivity index (χ1) is 5.93. The predicted octanol–water partition coefficient (Wildman–Crippen LogP) is 4.26. The summed E-state index contributed by atoms with van der Waals surface area (Å²) in [6.07, 6.45) is 8.25. The standard InChI is InChI=1S/C11H18S/c1-2-3-4-5-6-8-11-9-7-10-12-11/h7,9-10H,2-6,8H2,1H3. The summed E-state index contributed by atoms with van der Waals surface area (Å²) >= 11 is 1.89. The van der Waals surface area contributed by atoms with Crippen molar-refractivity contribution in [2.24, 2.45) is 0 Å². The molecule has 1 rings (SSSR count). The molecule has 0 radical (unpaired) electrons. The Morgan fingerprint density at radius 2 is 2.00 bits per heavy atom. The van der Waals surface area contributed by atoms with E-state index in [2.05, 4.69) is 24.4 Å². The van der Waals surface area contributed by atoms with Crippen LogP contribution in [0.3, 0.4) is 0 Å². The number of rotatable bonds is 6. The van der Waals surface area contributed by atoms with E-state index in [0.29, 0.717) is 0 Å². The molecule has 12 heavy (non-hydrogen) atoms. The molecule has 0 aliphatic heterocycles. The van der Waals surface area contributed by atoms with E-state index < -0.39 is 0 Å². The molecule has 68 valence electrons. The molecule has 0 unspecified atom stereocenters. The molecule has 0 N–H and O–H groups in total. The van der Waals surface area contributed by atoms with E-state index in [-0.39, 0.29) is 0 Å². The zero-order valence-electron chi connectivity index (χ0n) is 7.88. The molecule has 1 aromatic heterocycles. The molecule has 0 fully saturated rings. The summed E-state index contributed by atoms with van der Waals surface area (Å²) in [5.41, 5.74) is 0. The molecule has 0 aliphatic rings. The van der Waals surface area contributed by atoms with Crippen molar-refractivity contribution >= 4 is 11.3 Å². The summed E-state index contributed by atoms with van der Waals surface area (Å²) in [4.78, 5) is 1.55. The Morgan fingerprint density at radius 3 is 2.67 bits per heavy atom. The van der Waals surface area contributed by atoms with Gasteiger partial charge in [0.2, 0.25) is 0 Å². The van der Waals surface area contributed by atoms with Gasteiger partial charge in [-0.1, -0.05) is 38.7 Å². The minimum absolute atomic E-state index is 1.29. The maximum atomic E-state index is 2.26. The maximum Gasteiger partial charge on any atom is 0.00452 e. The van der Waals surface area contributed by atoms with Crippen LogP contribution in [0.15, 0.2) is 17.5 Å². The summed E-state index contributed by atoms with van der Waals surface area (Å²) in [6, 6.07) is 4.39. The Kier molecular flexibility index (Phi) is 5.09. The fourth-order valence-corrected chi connectivity index (χ4v) is 2.11. The highest BCUT2D eigenvalue weighted by molar-refractivity contribution is 7.09. The van der Waals surface area contributed by atoms with Crippen LogP contribution in [0.1, 0.15) is 43.9 Å². The van der Waals surface area contributed by atoms with Crippen molar-refractivity contribution in [2.75, 3.05) is 0 Å². The second-order valence-corrected chi connectivity index (χ2v) is 4.28. The minimum atomic E-state index is 1.29. The Morgan fingerprint density at radius 1 is 1.17 bits per heavy atom. The molecule has 1 aromatic rings. The number of aryl methyl sites for hydroxylation is 1. The quantitative estimate of drug-likeness (QED) is 0.577. The first-order valence-electron chi connectivity index (χ1n) is 4.96. The summed E-state index contributed by atoms with van der Waals surface area (Å²) in [5, 5.41) is 2.17. The zero-order valence-corrected chi connectivity index (χ0v) is 8.70. The Hall–Kier alpha value is -0.300. The van der Waals surface area contributed by atoms with E-state index in [1.165, 1.54) is 38.5 Å². The Labute approximate surface area is 79.6 Å². The Balaban J connectivity index is 1.96. The molecule has 1 heteroatoms. The first kappa shape index (κ1) is 9.79. The largest absolute Gasteiger partial charge is 0.149 e. The lowest BCUT2D eigenvalue weighted by molar-refractivity contribution is 0.634. The van der Waals surface area contributed by atoms with E-state index in [1.807, 2.05) is 11.3 Å². The van der Waals surface area contributed by atoms with Gasteiger partial charge >= 0.3 is 0 Å². The van der Waals surface area contributed by atoms with Crippen LogP contribution >= 0.6 is 11.3 Å². The molecular formula is C11H18S. The van der Waals surface area contributed by atoms with Crippen LogP contribution in [0.4, 0.5) is 0 Å². The number of unbranched alkanes of at least 4 members (excludes halogenated alkanes) is 4. The highest BCUT2D eigenvalue weighted by Gasteiger charge is 1.93. The minimum Gasteiger partial charge on any atom is -0.149 e. The second kappa shape index (κ2) is 6.24. The summed E-state index contributed by atoms with van der Waals surface area (Å²) in [7, 11) is 0. The van der Waals surface area contributed by atoms with E-state index in [9.17, 15) is 0 Å². The van der Waals surface area contributed by atoms with Gasteiger partial charge in [-0.05, 0) is 24.3 Å². The molecule has 0 aliphatic carbocycles. The third-order valence-electron chi connectivity index (χ3n) is 2.11. The van der Waals surface area contributed by atoms with E-state index in [4.69, 9.17) is 0 Å². The summed E-state index contributed by atoms with van der Waals surface area (Å²) in [6.45, 7) is 2.26. The van der Waals surface area contributed by atoms with Gasteiger partial charge in [-0.3, -0.25) is 0 Å². The number of hydrogen-bond donors (Lipinski definition) is 0. The fraction of sp³-hybridized carbons (Fsp3) is 0.636. The van der Waals surface area contributed by atoms with Gasteiger partial charge in [-0.25, -0.2) is 0 Å². The monoisotopic (exact) mass is 182 g/mol. The molecule has 0 amide bonds. The molecule has 0 atom stereocenters. The van der Waals surface area contributed by atoms with Gasteiger partial charge in [0.05, 0.1) is 0 Å². The van der Waals surface area contributed by atoms with Gasteiger partial charge in [0.15, 0.2) is 0 Å². The van der Waals surface area contributed by atoms with E-state index in [1.54, 1.807) is 4.88 Å². The van der Waals surface area contributed by atoms with Crippen molar-refractivity contribution in [3.8, 4) is 0 Å². The topological polar surface area (TPSA) is 0 Å². The number of thiophene rings is 1. The maximum absolute atomic E-state index is 2.26. The average molecular weight is 182 g/mol. The summed E-state index contributed by atoms with van der Waals surface area (Å²) in [5.74, 6) is 0. The van der Waals surface area contributed by atoms with Gasteiger partial charge in [-0.2, -0.15) is 0 Å². The van der Waals surface area contributed by atoms with Crippen molar-refractivity contribution in [2.45, 2.75) is 45.4 Å². The highest BCUT2D eigenvalue weighted by Crippen LogP contribution is 2.13. The third kappa shape index (κ3) is 3.91. The smallest absolute Gasteiger partial charge is 0.00452 e. The van der Waals surface area contributed by atoms with Gasteiger partial charge in [-0.15, -0.1) is 11.3 Å². The van der Waals surface area contributed by atoms with Crippen molar-refractivity contribution in [3.63, 3.8) is 0 Å². The van der Waals surface area contributed by atoms with Gasteiger partial charge in [0.25, 0.3) is 0 Å². The lowest BCUT2D eigenvalue weighted by Crippen LogP contribution is -1.81. The molecule has 0 bridgehead atoms. The average Bonchev–Trinajstić information content (AvgIpc) is 2.57. The van der Waals surface area contributed by atoms with Crippen LogP contribution in [0, 0.1) is 0 Å². The van der Waals surface area contributed by atoms with Crippen LogP contribution in [0.25, 0.3) is 0 Å². The van der Waals surface area contributed by atoms with Crippen molar-refractivity contribution in [3.05, 3.63) is 22.4 Å². The van der Waals surface area contributed by atoms with Crippen LogP contribution < -0.4 is 0 Å². The highest BCUT2D eigenvalue weighted by atomic mass is 32.1. The van der Waals surface area contributed by atoms with Gasteiger partial charge in [0.1, 0.15) is 0 Å². The normalized spacial score (nSPS) is 10.4. The fourth-order valence-electron chi connectivity index (χ4n) is 1.36. The van der Waals surface area contributed by atoms with Crippen molar-refractivity contribution in [1.82, 2.24) is 0 Å². The lowest BCUT2D eigenvalue weighted by atomic mass is 10.1. The summed E-state index contributed by atoms with van der Waals surface area (Å²) < 4.78 is 0. The zero-order chi connectivity index (χ0) is 8.65. The molecular weight excluding hydrogens is 164 g/mol. The second-order valence-electron chi connectivity index (χ2n) is 3.24.